The van der Waals surface area contributed by atoms with E-state index < -0.39 is 5.97 Å². The van der Waals surface area contributed by atoms with Crippen LogP contribution in [0.5, 0.6) is 5.88 Å². The van der Waals surface area contributed by atoms with E-state index in [1.54, 1.807) is 12.1 Å². The van der Waals surface area contributed by atoms with E-state index in [0.717, 1.165) is 11.1 Å². The fraction of sp³-hybridized carbons (Fsp3) is 0.231. The van der Waals surface area contributed by atoms with Gasteiger partial charge in [0.2, 0.25) is 5.88 Å². The minimum atomic E-state index is -0.407. The molecule has 1 aromatic carbocycles. The lowest BCUT2D eigenvalue weighted by Crippen LogP contribution is -2.09. The van der Waals surface area contributed by atoms with E-state index in [2.05, 4.69) is 5.10 Å². The molecule has 0 amide bonds. The first-order valence-electron chi connectivity index (χ1n) is 5.66. The summed E-state index contributed by atoms with van der Waals surface area (Å²) < 4.78 is 10.2. The van der Waals surface area contributed by atoms with Crippen molar-refractivity contribution in [2.75, 3.05) is 7.11 Å². The number of rotatable bonds is 4. The molecule has 2 aromatic rings. The van der Waals surface area contributed by atoms with Crippen LogP contribution in [0.4, 0.5) is 0 Å². The number of aryl methyl sites for hydroxylation is 1. The third kappa shape index (κ3) is 2.85. The van der Waals surface area contributed by atoms with E-state index >= 15 is 0 Å². The van der Waals surface area contributed by atoms with Crippen LogP contribution in [0.1, 0.15) is 21.5 Å². The molecule has 0 bridgehead atoms. The van der Waals surface area contributed by atoms with Crippen LogP contribution in [0.2, 0.25) is 0 Å². The molecule has 1 N–H and O–H groups in total. The molecule has 100 valence electrons. The molecular weight excluding hydrogens is 248 g/mol. The van der Waals surface area contributed by atoms with Crippen molar-refractivity contribution in [2.24, 2.45) is 0 Å². The van der Waals surface area contributed by atoms with Gasteiger partial charge in [0, 0.05) is 11.6 Å². The molecule has 0 aliphatic carbocycles. The number of aromatic nitrogens is 2. The third-order valence-corrected chi connectivity index (χ3v) is 2.73. The lowest BCUT2D eigenvalue weighted by atomic mass is 10.0. The fourth-order valence-corrected chi connectivity index (χ4v) is 1.72. The second kappa shape index (κ2) is 5.43. The van der Waals surface area contributed by atoms with Gasteiger partial charge in [0.25, 0.3) is 0 Å². The molecular formula is C13H14N2O4. The van der Waals surface area contributed by atoms with Gasteiger partial charge in [-0.2, -0.15) is 0 Å². The average Bonchev–Trinajstić information content (AvgIpc) is 2.82. The second-order valence-corrected chi connectivity index (χ2v) is 3.96. The van der Waals surface area contributed by atoms with Crippen molar-refractivity contribution in [2.45, 2.75) is 13.5 Å². The molecule has 0 atom stereocenters. The second-order valence-electron chi connectivity index (χ2n) is 3.96. The largest absolute Gasteiger partial charge is 0.472 e. The van der Waals surface area contributed by atoms with E-state index in [4.69, 9.17) is 14.7 Å². The number of nitrogens with zero attached hydrogens (tertiary/aromatic N) is 2. The fourth-order valence-electron chi connectivity index (χ4n) is 1.72. The normalized spacial score (nSPS) is 10.2. The first-order valence-corrected chi connectivity index (χ1v) is 5.66. The van der Waals surface area contributed by atoms with Crippen LogP contribution < -0.4 is 4.74 Å². The van der Waals surface area contributed by atoms with Gasteiger partial charge in [-0.3, -0.25) is 0 Å². The summed E-state index contributed by atoms with van der Waals surface area (Å²) in [5.41, 5.74) is 2.12. The average molecular weight is 262 g/mol. The molecule has 0 fully saturated rings. The highest BCUT2D eigenvalue weighted by Gasteiger charge is 2.14. The summed E-state index contributed by atoms with van der Waals surface area (Å²) in [4.78, 5) is 12.3. The van der Waals surface area contributed by atoms with Crippen molar-refractivity contribution in [1.29, 1.82) is 0 Å². The van der Waals surface area contributed by atoms with Crippen molar-refractivity contribution in [1.82, 2.24) is 9.94 Å². The molecule has 2 rings (SSSR count). The molecule has 6 heteroatoms. The van der Waals surface area contributed by atoms with Gasteiger partial charge in [0.15, 0.2) is 0 Å². The zero-order valence-corrected chi connectivity index (χ0v) is 10.7. The molecule has 1 heterocycles. The highest BCUT2D eigenvalue weighted by Crippen LogP contribution is 2.18. The number of ether oxygens (including phenoxy) is 2. The topological polar surface area (TPSA) is 73.6 Å². The van der Waals surface area contributed by atoms with E-state index in [1.807, 2.05) is 13.0 Å². The molecule has 6 nitrogen and oxygen atoms in total. The predicted octanol–water partition coefficient (Wildman–Crippen LogP) is 1.79. The smallest absolute Gasteiger partial charge is 0.338 e. The number of hydrogen-bond acceptors (Lipinski definition) is 5. The monoisotopic (exact) mass is 262 g/mol. The van der Waals surface area contributed by atoms with Crippen LogP contribution in [0.15, 0.2) is 30.5 Å². The Labute approximate surface area is 110 Å². The number of carbonyl (C=O) groups excluding carboxylic acids is 1. The SMILES string of the molecule is COC(=O)c1cccc(C)c1COc1ccn(O)n1. The van der Waals surface area contributed by atoms with Crippen molar-refractivity contribution < 1.29 is 19.5 Å². The number of methoxy groups -OCH3 is 1. The summed E-state index contributed by atoms with van der Waals surface area (Å²) in [7, 11) is 1.34. The molecule has 0 aliphatic heterocycles. The third-order valence-electron chi connectivity index (χ3n) is 2.73. The Morgan fingerprint density at radius 3 is 2.84 bits per heavy atom. The molecule has 19 heavy (non-hydrogen) atoms. The van der Waals surface area contributed by atoms with Crippen LogP contribution in [-0.2, 0) is 11.3 Å². The molecule has 0 saturated heterocycles. The van der Waals surface area contributed by atoms with Gasteiger partial charge in [-0.1, -0.05) is 17.2 Å². The van der Waals surface area contributed by atoms with E-state index in [9.17, 15) is 4.79 Å². The number of esters is 1. The van der Waals surface area contributed by atoms with Crippen LogP contribution in [0, 0.1) is 6.92 Å². The summed E-state index contributed by atoms with van der Waals surface area (Å²) >= 11 is 0. The van der Waals surface area contributed by atoms with Crippen LogP contribution >= 0.6 is 0 Å². The number of benzene rings is 1. The molecule has 0 unspecified atom stereocenters. The Kier molecular flexibility index (Phi) is 3.70. The van der Waals surface area contributed by atoms with Gasteiger partial charge in [-0.15, -0.1) is 4.85 Å². The van der Waals surface area contributed by atoms with E-state index in [-0.39, 0.29) is 12.5 Å². The first-order chi connectivity index (χ1) is 9.11. The van der Waals surface area contributed by atoms with Crippen molar-refractivity contribution in [3.8, 4) is 5.88 Å². The zero-order valence-electron chi connectivity index (χ0n) is 10.7. The number of hydrogen-bond donors (Lipinski definition) is 1. The van der Waals surface area contributed by atoms with Gasteiger partial charge >= 0.3 is 5.97 Å². The van der Waals surface area contributed by atoms with E-state index in [1.165, 1.54) is 19.4 Å². The van der Waals surface area contributed by atoms with Crippen molar-refractivity contribution >= 4 is 5.97 Å². The van der Waals surface area contributed by atoms with Gasteiger partial charge in [0.1, 0.15) is 6.61 Å². The minimum absolute atomic E-state index is 0.175. The quantitative estimate of drug-likeness (QED) is 0.671. The molecule has 0 radical (unpaired) electrons. The summed E-state index contributed by atoms with van der Waals surface area (Å²) in [5.74, 6) is -0.128. The maximum absolute atomic E-state index is 11.7. The lowest BCUT2D eigenvalue weighted by Gasteiger charge is -2.11. The first kappa shape index (κ1) is 12.9. The van der Waals surface area contributed by atoms with Gasteiger partial charge in [-0.25, -0.2) is 4.79 Å². The predicted molar refractivity (Wildman–Crippen MR) is 66.3 cm³/mol. The summed E-state index contributed by atoms with van der Waals surface area (Å²) in [6, 6.07) is 6.88. The molecule has 1 aromatic heterocycles. The molecule has 0 saturated carbocycles. The highest BCUT2D eigenvalue weighted by atomic mass is 16.5. The molecule has 0 aliphatic rings. The van der Waals surface area contributed by atoms with Gasteiger partial charge in [0.05, 0.1) is 18.9 Å². The summed E-state index contributed by atoms with van der Waals surface area (Å²) in [5, 5.41) is 12.7. The van der Waals surface area contributed by atoms with Crippen LogP contribution in [-0.4, -0.2) is 28.2 Å². The van der Waals surface area contributed by atoms with Crippen LogP contribution in [0.3, 0.4) is 0 Å². The Hall–Kier alpha value is -2.50. The lowest BCUT2D eigenvalue weighted by molar-refractivity contribution is 0.0597. The maximum atomic E-state index is 11.7. The Morgan fingerprint density at radius 1 is 1.42 bits per heavy atom. The zero-order chi connectivity index (χ0) is 13.8. The Bertz CT molecular complexity index is 592. The van der Waals surface area contributed by atoms with Crippen molar-refractivity contribution in [3.05, 3.63) is 47.2 Å². The Balaban J connectivity index is 2.21. The number of carbonyl (C=O) groups is 1. The van der Waals surface area contributed by atoms with Gasteiger partial charge < -0.3 is 14.7 Å². The van der Waals surface area contributed by atoms with Crippen LogP contribution in [0.25, 0.3) is 0 Å². The summed E-state index contributed by atoms with van der Waals surface area (Å²) in [6.07, 6.45) is 1.36. The van der Waals surface area contributed by atoms with E-state index in [0.29, 0.717) is 10.4 Å². The molecule has 0 spiro atoms. The highest BCUT2D eigenvalue weighted by molar-refractivity contribution is 5.91. The van der Waals surface area contributed by atoms with Gasteiger partial charge in [-0.05, 0) is 18.6 Å². The van der Waals surface area contributed by atoms with Crippen molar-refractivity contribution in [3.63, 3.8) is 0 Å². The summed E-state index contributed by atoms with van der Waals surface area (Å²) in [6.45, 7) is 2.06. The maximum Gasteiger partial charge on any atom is 0.338 e. The standard InChI is InChI=1S/C13H14N2O4/c1-9-4-3-5-10(13(16)18-2)11(9)8-19-12-6-7-15(17)14-12/h3-7,17H,8H2,1-2H3. The minimum Gasteiger partial charge on any atom is -0.472 e. The Morgan fingerprint density at radius 2 is 2.21 bits per heavy atom.